The first-order valence-corrected chi connectivity index (χ1v) is 21.9. The normalized spacial score (nSPS) is 11.7. The third kappa shape index (κ3) is 6.07. The Morgan fingerprint density at radius 3 is 1.45 bits per heavy atom. The number of aromatic nitrogens is 6. The van der Waals surface area contributed by atoms with E-state index in [2.05, 4.69) is 208 Å². The Morgan fingerprint density at radius 1 is 0.262 bits per heavy atom. The average molecular weight is 831 g/mol. The third-order valence-corrected chi connectivity index (χ3v) is 12.7. The molecule has 0 aliphatic carbocycles. The predicted octanol–water partition coefficient (Wildman–Crippen LogP) is 14.7. The SMILES string of the molecule is c1ccc(-c2cc(-c3nc(-c4ccccc4)nc(-c4ccccc4)n3)cc(-n3c4ccccc4c4cc5c6ccc7c(ccn7-c7ccccc7)c6n(-c6ccccc6)c5cc43)c2)cc1. The molecule has 0 radical (unpaired) electrons. The molecule has 0 saturated heterocycles. The summed E-state index contributed by atoms with van der Waals surface area (Å²) < 4.78 is 7.16. The minimum atomic E-state index is 0.607. The molecule has 9 aromatic carbocycles. The highest BCUT2D eigenvalue weighted by Crippen LogP contribution is 2.43. The van der Waals surface area contributed by atoms with Gasteiger partial charge in [-0.2, -0.15) is 0 Å². The quantitative estimate of drug-likeness (QED) is 0.161. The van der Waals surface area contributed by atoms with Crippen LogP contribution in [-0.4, -0.2) is 28.7 Å². The fraction of sp³-hybridized carbons (Fsp3) is 0. The van der Waals surface area contributed by atoms with Gasteiger partial charge in [0.25, 0.3) is 0 Å². The standard InChI is InChI=1S/C59H38N6/c1-6-18-39(19-7-1)42-34-43(59-61-57(40-20-8-2-9-21-40)60-58(62-59)41-22-10-3-11-23-41)36-46(35-42)64-53-29-17-16-28-47(53)50-37-51-48-30-31-52-49(32-33-63(52)44-24-12-4-13-25-44)56(48)65(55(51)38-54(50)64)45-26-14-5-15-27-45/h1-38H. The van der Waals surface area contributed by atoms with Crippen molar-refractivity contribution in [3.8, 4) is 62.4 Å². The number of hydrogen-bond donors (Lipinski definition) is 0. The molecule has 0 aliphatic heterocycles. The van der Waals surface area contributed by atoms with E-state index in [1.807, 2.05) is 36.4 Å². The lowest BCUT2D eigenvalue weighted by Crippen LogP contribution is -2.02. The van der Waals surface area contributed by atoms with Gasteiger partial charge < -0.3 is 13.7 Å². The van der Waals surface area contributed by atoms with Crippen molar-refractivity contribution in [1.82, 2.24) is 28.7 Å². The topological polar surface area (TPSA) is 53.5 Å². The maximum Gasteiger partial charge on any atom is 0.164 e. The molecule has 0 amide bonds. The van der Waals surface area contributed by atoms with E-state index in [1.54, 1.807) is 0 Å². The monoisotopic (exact) mass is 830 g/mol. The molecule has 0 saturated carbocycles. The zero-order chi connectivity index (χ0) is 42.8. The molecule has 13 rings (SSSR count). The van der Waals surface area contributed by atoms with Crippen molar-refractivity contribution < 1.29 is 0 Å². The Bertz CT molecular complexity index is 3850. The number of nitrogens with zero attached hydrogens (tertiary/aromatic N) is 6. The Morgan fingerprint density at radius 2 is 0.785 bits per heavy atom. The second kappa shape index (κ2) is 14.9. The molecule has 0 unspecified atom stereocenters. The molecule has 4 heterocycles. The lowest BCUT2D eigenvalue weighted by Gasteiger charge is -2.15. The number of benzene rings is 9. The van der Waals surface area contributed by atoms with Crippen molar-refractivity contribution in [3.05, 3.63) is 231 Å². The maximum atomic E-state index is 5.20. The van der Waals surface area contributed by atoms with Gasteiger partial charge in [0.15, 0.2) is 17.5 Å². The highest BCUT2D eigenvalue weighted by molar-refractivity contribution is 6.23. The van der Waals surface area contributed by atoms with Gasteiger partial charge in [-0.3, -0.25) is 0 Å². The van der Waals surface area contributed by atoms with Gasteiger partial charge in [-0.15, -0.1) is 0 Å². The van der Waals surface area contributed by atoms with Crippen LogP contribution in [0.25, 0.3) is 117 Å². The summed E-state index contributed by atoms with van der Waals surface area (Å²) in [5.74, 6) is 1.86. The average Bonchev–Trinajstić information content (AvgIpc) is 4.07. The van der Waals surface area contributed by atoms with Crippen LogP contribution < -0.4 is 0 Å². The zero-order valence-electron chi connectivity index (χ0n) is 35.1. The number of rotatable bonds is 7. The Balaban J connectivity index is 1.10. The molecule has 0 spiro atoms. The molecule has 0 fully saturated rings. The van der Waals surface area contributed by atoms with E-state index < -0.39 is 0 Å². The summed E-state index contributed by atoms with van der Waals surface area (Å²) in [6.45, 7) is 0. The van der Waals surface area contributed by atoms with Crippen LogP contribution in [0.15, 0.2) is 231 Å². The smallest absolute Gasteiger partial charge is 0.164 e. The molecular weight excluding hydrogens is 793 g/mol. The largest absolute Gasteiger partial charge is 0.316 e. The van der Waals surface area contributed by atoms with Crippen LogP contribution in [0.1, 0.15) is 0 Å². The highest BCUT2D eigenvalue weighted by atomic mass is 15.0. The molecule has 0 aliphatic rings. The van der Waals surface area contributed by atoms with Crippen molar-refractivity contribution in [2.75, 3.05) is 0 Å². The molecule has 13 aromatic rings. The summed E-state index contributed by atoms with van der Waals surface area (Å²) in [6, 6.07) is 79.4. The molecule has 0 N–H and O–H groups in total. The second-order valence-corrected chi connectivity index (χ2v) is 16.5. The molecule has 6 nitrogen and oxygen atoms in total. The van der Waals surface area contributed by atoms with Crippen LogP contribution >= 0.6 is 0 Å². The van der Waals surface area contributed by atoms with E-state index in [1.165, 1.54) is 32.4 Å². The number of para-hydroxylation sites is 3. The van der Waals surface area contributed by atoms with Crippen LogP contribution in [-0.2, 0) is 0 Å². The summed E-state index contributed by atoms with van der Waals surface area (Å²) in [5.41, 5.74) is 13.9. The van der Waals surface area contributed by atoms with Gasteiger partial charge in [0, 0.05) is 66.9 Å². The summed E-state index contributed by atoms with van der Waals surface area (Å²) in [7, 11) is 0. The lowest BCUT2D eigenvalue weighted by molar-refractivity contribution is 1.07. The van der Waals surface area contributed by atoms with Crippen LogP contribution in [0.3, 0.4) is 0 Å². The summed E-state index contributed by atoms with van der Waals surface area (Å²) >= 11 is 0. The number of hydrogen-bond acceptors (Lipinski definition) is 3. The van der Waals surface area contributed by atoms with Gasteiger partial charge in [0.2, 0.25) is 0 Å². The molecule has 6 heteroatoms. The van der Waals surface area contributed by atoms with Gasteiger partial charge in [0.1, 0.15) is 0 Å². The molecule has 0 bridgehead atoms. The summed E-state index contributed by atoms with van der Waals surface area (Å²) in [6.07, 6.45) is 2.19. The Hall–Kier alpha value is -8.87. The van der Waals surface area contributed by atoms with E-state index in [0.717, 1.165) is 66.9 Å². The van der Waals surface area contributed by atoms with Crippen molar-refractivity contribution >= 4 is 54.5 Å². The van der Waals surface area contributed by atoms with Crippen LogP contribution in [0.5, 0.6) is 0 Å². The zero-order valence-corrected chi connectivity index (χ0v) is 35.1. The first-order chi connectivity index (χ1) is 32.2. The van der Waals surface area contributed by atoms with E-state index in [4.69, 9.17) is 15.0 Å². The van der Waals surface area contributed by atoms with Crippen molar-refractivity contribution in [3.63, 3.8) is 0 Å². The first kappa shape index (κ1) is 36.8. The lowest BCUT2D eigenvalue weighted by atomic mass is 10.0. The second-order valence-electron chi connectivity index (χ2n) is 16.5. The van der Waals surface area contributed by atoms with Gasteiger partial charge in [-0.1, -0.05) is 152 Å². The fourth-order valence-corrected chi connectivity index (χ4v) is 9.73. The van der Waals surface area contributed by atoms with Crippen LogP contribution in [0.2, 0.25) is 0 Å². The molecular formula is C59H38N6. The Labute approximate surface area is 374 Å². The minimum Gasteiger partial charge on any atom is -0.316 e. The molecule has 4 aromatic heterocycles. The summed E-state index contributed by atoms with van der Waals surface area (Å²) in [4.78, 5) is 15.4. The van der Waals surface area contributed by atoms with Gasteiger partial charge in [-0.25, -0.2) is 15.0 Å². The van der Waals surface area contributed by atoms with Crippen LogP contribution in [0, 0.1) is 0 Å². The third-order valence-electron chi connectivity index (χ3n) is 12.7. The summed E-state index contributed by atoms with van der Waals surface area (Å²) in [5, 5.41) is 6.00. The maximum absolute atomic E-state index is 5.20. The highest BCUT2D eigenvalue weighted by Gasteiger charge is 2.22. The van der Waals surface area contributed by atoms with Gasteiger partial charge in [0.05, 0.1) is 27.6 Å². The molecule has 65 heavy (non-hydrogen) atoms. The minimum absolute atomic E-state index is 0.607. The van der Waals surface area contributed by atoms with E-state index in [-0.39, 0.29) is 0 Å². The molecule has 304 valence electrons. The molecule has 0 atom stereocenters. The Kier molecular flexibility index (Phi) is 8.42. The van der Waals surface area contributed by atoms with Crippen molar-refractivity contribution in [1.29, 1.82) is 0 Å². The number of fused-ring (bicyclic) bond motifs is 8. The van der Waals surface area contributed by atoms with Crippen molar-refractivity contribution in [2.45, 2.75) is 0 Å². The van der Waals surface area contributed by atoms with Crippen LogP contribution in [0.4, 0.5) is 0 Å². The van der Waals surface area contributed by atoms with E-state index in [0.29, 0.717) is 17.5 Å². The van der Waals surface area contributed by atoms with E-state index >= 15 is 0 Å². The van der Waals surface area contributed by atoms with Crippen molar-refractivity contribution in [2.24, 2.45) is 0 Å². The fourth-order valence-electron chi connectivity index (χ4n) is 9.73. The van der Waals surface area contributed by atoms with Gasteiger partial charge in [-0.05, 0) is 83.9 Å². The first-order valence-electron chi connectivity index (χ1n) is 21.9. The van der Waals surface area contributed by atoms with Gasteiger partial charge >= 0.3 is 0 Å². The predicted molar refractivity (Wildman–Crippen MR) is 267 cm³/mol. The van der Waals surface area contributed by atoms with E-state index in [9.17, 15) is 0 Å².